The van der Waals surface area contributed by atoms with Gasteiger partial charge in [0.2, 0.25) is 0 Å². The second kappa shape index (κ2) is 10.0. The van der Waals surface area contributed by atoms with Gasteiger partial charge in [0.15, 0.2) is 0 Å². The molecule has 0 rings (SSSR count). The van der Waals surface area contributed by atoms with Gasteiger partial charge in [-0.3, -0.25) is 0 Å². The van der Waals surface area contributed by atoms with Crippen LogP contribution in [0.5, 0.6) is 0 Å². The summed E-state index contributed by atoms with van der Waals surface area (Å²) in [5.41, 5.74) is 1.47. The van der Waals surface area contributed by atoms with Crippen molar-refractivity contribution in [1.29, 1.82) is 0 Å². The molecule has 0 bridgehead atoms. The molecule has 0 aromatic heterocycles. The predicted molar refractivity (Wildman–Crippen MR) is 73.3 cm³/mol. The molecule has 0 aliphatic rings. The number of hydrogen-bond donors (Lipinski definition) is 0. The third kappa shape index (κ3) is 8.50. The Morgan fingerprint density at radius 2 is 2.13 bits per heavy atom. The smallest absolute Gasteiger partial charge is 0.101 e. The van der Waals surface area contributed by atoms with Crippen molar-refractivity contribution < 1.29 is 0 Å². The Labute approximate surface area is 96.7 Å². The molecule has 0 atom stereocenters. The zero-order valence-electron chi connectivity index (χ0n) is 10.9. The molecular formula is C13H26BN. The van der Waals surface area contributed by atoms with E-state index in [0.717, 1.165) is 6.54 Å². The zero-order valence-corrected chi connectivity index (χ0v) is 10.9. The van der Waals surface area contributed by atoms with Crippen molar-refractivity contribution in [3.8, 4) is 0 Å². The van der Waals surface area contributed by atoms with Gasteiger partial charge in [-0.2, -0.15) is 0 Å². The van der Waals surface area contributed by atoms with Gasteiger partial charge in [0.25, 0.3) is 0 Å². The highest BCUT2D eigenvalue weighted by atomic mass is 15.1. The average Bonchev–Trinajstić information content (AvgIpc) is 2.26. The molecule has 1 nitrogen and oxygen atoms in total. The van der Waals surface area contributed by atoms with Crippen molar-refractivity contribution in [2.24, 2.45) is 0 Å². The van der Waals surface area contributed by atoms with E-state index in [-0.39, 0.29) is 0 Å². The van der Waals surface area contributed by atoms with Gasteiger partial charge >= 0.3 is 0 Å². The molecule has 0 aliphatic carbocycles. The summed E-state index contributed by atoms with van der Waals surface area (Å²) < 4.78 is 0. The lowest BCUT2D eigenvalue weighted by Crippen LogP contribution is -2.18. The SMILES string of the molecule is BCCC(/C=C\CCCN(C)CC)=C\C. The Kier molecular flexibility index (Phi) is 9.71. The molecule has 0 aromatic rings. The standard InChI is InChI=1S/C13H26BN/c1-4-13(10-11-14)9-7-6-8-12-15(3)5-2/h4,7,9H,5-6,8,10-12,14H2,1-3H3/b9-7-,13-4-. The van der Waals surface area contributed by atoms with Crippen LogP contribution in [0.25, 0.3) is 0 Å². The van der Waals surface area contributed by atoms with Crippen molar-refractivity contribution in [1.82, 2.24) is 4.90 Å². The lowest BCUT2D eigenvalue weighted by atomic mass is 9.97. The minimum atomic E-state index is 1.15. The highest BCUT2D eigenvalue weighted by Gasteiger charge is 1.92. The Morgan fingerprint density at radius 3 is 2.67 bits per heavy atom. The lowest BCUT2D eigenvalue weighted by Gasteiger charge is -2.11. The second-order valence-corrected chi connectivity index (χ2v) is 4.05. The molecule has 0 spiro atoms. The Hall–Kier alpha value is -0.495. The predicted octanol–water partition coefficient (Wildman–Crippen LogP) is 2.66. The van der Waals surface area contributed by atoms with Crippen LogP contribution >= 0.6 is 0 Å². The maximum atomic E-state index is 2.36. The number of nitrogens with zero attached hydrogens (tertiary/aromatic N) is 1. The fourth-order valence-corrected chi connectivity index (χ4v) is 1.48. The number of hydrogen-bond acceptors (Lipinski definition) is 1. The molecule has 0 fully saturated rings. The van der Waals surface area contributed by atoms with Gasteiger partial charge in [-0.25, -0.2) is 0 Å². The van der Waals surface area contributed by atoms with Crippen molar-refractivity contribution in [2.75, 3.05) is 20.1 Å². The second-order valence-electron chi connectivity index (χ2n) is 4.05. The molecule has 0 aliphatic heterocycles. The number of unbranched alkanes of at least 4 members (excludes halogenated alkanes) is 1. The molecule has 0 aromatic carbocycles. The van der Waals surface area contributed by atoms with E-state index in [2.05, 4.69) is 51.9 Å². The monoisotopic (exact) mass is 207 g/mol. The van der Waals surface area contributed by atoms with E-state index in [1.54, 1.807) is 0 Å². The molecular weight excluding hydrogens is 181 g/mol. The van der Waals surface area contributed by atoms with Crippen LogP contribution < -0.4 is 0 Å². The molecule has 0 unspecified atom stereocenters. The summed E-state index contributed by atoms with van der Waals surface area (Å²) in [7, 11) is 4.41. The van der Waals surface area contributed by atoms with E-state index in [1.165, 1.54) is 37.7 Å². The molecule has 0 saturated carbocycles. The highest BCUT2D eigenvalue weighted by Crippen LogP contribution is 2.06. The molecule has 0 saturated heterocycles. The van der Waals surface area contributed by atoms with E-state index in [1.807, 2.05) is 0 Å². The van der Waals surface area contributed by atoms with Crippen LogP contribution in [0.3, 0.4) is 0 Å². The Morgan fingerprint density at radius 1 is 1.40 bits per heavy atom. The van der Waals surface area contributed by atoms with Crippen molar-refractivity contribution >= 4 is 7.85 Å². The first-order valence-corrected chi connectivity index (χ1v) is 6.24. The highest BCUT2D eigenvalue weighted by molar-refractivity contribution is 6.08. The molecule has 0 N–H and O–H groups in total. The summed E-state index contributed by atoms with van der Waals surface area (Å²) in [6.07, 6.45) is 11.7. The summed E-state index contributed by atoms with van der Waals surface area (Å²) in [5.74, 6) is 0. The number of allylic oxidation sites excluding steroid dienone is 4. The fourth-order valence-electron chi connectivity index (χ4n) is 1.48. The molecule has 15 heavy (non-hydrogen) atoms. The largest absolute Gasteiger partial charge is 0.307 e. The van der Waals surface area contributed by atoms with Crippen LogP contribution in [-0.4, -0.2) is 32.9 Å². The lowest BCUT2D eigenvalue weighted by molar-refractivity contribution is 0.348. The fraction of sp³-hybridized carbons (Fsp3) is 0.692. The maximum Gasteiger partial charge on any atom is 0.101 e. The number of rotatable bonds is 8. The first kappa shape index (κ1) is 14.5. The Bertz CT molecular complexity index is 197. The average molecular weight is 207 g/mol. The summed E-state index contributed by atoms with van der Waals surface area (Å²) in [6, 6.07) is 0. The van der Waals surface area contributed by atoms with Crippen LogP contribution in [0, 0.1) is 0 Å². The molecule has 0 amide bonds. The van der Waals surface area contributed by atoms with Gasteiger partial charge in [-0.05, 0) is 46.3 Å². The third-order valence-corrected chi connectivity index (χ3v) is 2.69. The van der Waals surface area contributed by atoms with Gasteiger partial charge in [0, 0.05) is 0 Å². The van der Waals surface area contributed by atoms with Crippen LogP contribution in [0.15, 0.2) is 23.8 Å². The third-order valence-electron chi connectivity index (χ3n) is 2.69. The van der Waals surface area contributed by atoms with E-state index in [4.69, 9.17) is 0 Å². The zero-order chi connectivity index (χ0) is 11.5. The molecule has 86 valence electrons. The van der Waals surface area contributed by atoms with Gasteiger partial charge in [-0.1, -0.05) is 37.0 Å². The summed E-state index contributed by atoms with van der Waals surface area (Å²) >= 11 is 0. The normalized spacial score (nSPS) is 12.9. The van der Waals surface area contributed by atoms with Gasteiger partial charge in [0.05, 0.1) is 0 Å². The molecule has 0 heterocycles. The molecule has 2 heteroatoms. The van der Waals surface area contributed by atoms with Crippen molar-refractivity contribution in [3.05, 3.63) is 23.8 Å². The molecule has 0 radical (unpaired) electrons. The maximum absolute atomic E-state index is 2.36. The first-order chi connectivity index (χ1) is 7.24. The van der Waals surface area contributed by atoms with Crippen LogP contribution in [0.2, 0.25) is 6.32 Å². The minimum absolute atomic E-state index is 1.15. The Balaban J connectivity index is 3.61. The minimum Gasteiger partial charge on any atom is -0.307 e. The van der Waals surface area contributed by atoms with Crippen molar-refractivity contribution in [2.45, 2.75) is 39.4 Å². The van der Waals surface area contributed by atoms with E-state index in [0.29, 0.717) is 0 Å². The van der Waals surface area contributed by atoms with Gasteiger partial charge in [-0.15, -0.1) is 0 Å². The van der Waals surface area contributed by atoms with Crippen molar-refractivity contribution in [3.63, 3.8) is 0 Å². The summed E-state index contributed by atoms with van der Waals surface area (Å²) in [5, 5.41) is 0. The van der Waals surface area contributed by atoms with E-state index in [9.17, 15) is 0 Å². The van der Waals surface area contributed by atoms with Gasteiger partial charge in [0.1, 0.15) is 7.85 Å². The topological polar surface area (TPSA) is 3.24 Å². The van der Waals surface area contributed by atoms with Crippen LogP contribution in [0.1, 0.15) is 33.1 Å². The van der Waals surface area contributed by atoms with E-state index >= 15 is 0 Å². The first-order valence-electron chi connectivity index (χ1n) is 6.24. The summed E-state index contributed by atoms with van der Waals surface area (Å²) in [6.45, 7) is 6.69. The summed E-state index contributed by atoms with van der Waals surface area (Å²) in [4.78, 5) is 2.36. The van der Waals surface area contributed by atoms with Crippen LogP contribution in [0.4, 0.5) is 0 Å². The quantitative estimate of drug-likeness (QED) is 0.336. The van der Waals surface area contributed by atoms with E-state index < -0.39 is 0 Å². The van der Waals surface area contributed by atoms with Crippen LogP contribution in [-0.2, 0) is 0 Å². The van der Waals surface area contributed by atoms with Gasteiger partial charge < -0.3 is 4.90 Å².